The molecule has 4 N–H and O–H groups in total. The van der Waals surface area contributed by atoms with Crippen LogP contribution in [0.25, 0.3) is 0 Å². The van der Waals surface area contributed by atoms with Gasteiger partial charge in [0.15, 0.2) is 0 Å². The molecule has 0 fully saturated rings. The molecule has 1 aromatic carbocycles. The lowest BCUT2D eigenvalue weighted by molar-refractivity contribution is 0.0941. The summed E-state index contributed by atoms with van der Waals surface area (Å²) < 4.78 is 26.5. The first-order valence-electron chi connectivity index (χ1n) is 6.87. The largest absolute Gasteiger partial charge is 0.348 e. The van der Waals surface area contributed by atoms with Crippen molar-refractivity contribution in [2.24, 2.45) is 11.7 Å². The molecule has 0 unspecified atom stereocenters. The number of halogens is 1. The zero-order valence-electron chi connectivity index (χ0n) is 13.0. The molecule has 0 radical (unpaired) electrons. The first-order chi connectivity index (χ1) is 9.76. The van der Waals surface area contributed by atoms with E-state index in [1.807, 2.05) is 13.8 Å². The Labute approximate surface area is 138 Å². The Morgan fingerprint density at radius 1 is 1.18 bits per heavy atom. The van der Waals surface area contributed by atoms with E-state index in [-0.39, 0.29) is 35.2 Å². The van der Waals surface area contributed by atoms with Crippen molar-refractivity contribution in [1.29, 1.82) is 0 Å². The molecule has 0 aromatic heterocycles. The lowest BCUT2D eigenvalue weighted by Gasteiger charge is -2.12. The van der Waals surface area contributed by atoms with Gasteiger partial charge in [0, 0.05) is 24.7 Å². The van der Waals surface area contributed by atoms with E-state index in [2.05, 4.69) is 10.0 Å². The van der Waals surface area contributed by atoms with Crippen molar-refractivity contribution in [2.75, 3.05) is 13.1 Å². The molecule has 0 bridgehead atoms. The molecule has 1 atom stereocenters. The summed E-state index contributed by atoms with van der Waals surface area (Å²) >= 11 is 0. The van der Waals surface area contributed by atoms with Gasteiger partial charge in [-0.05, 0) is 37.1 Å². The Kier molecular flexibility index (Phi) is 8.62. The highest BCUT2D eigenvalue weighted by molar-refractivity contribution is 7.89. The normalized spacial score (nSPS) is 12.6. The second-order valence-corrected chi connectivity index (χ2v) is 7.15. The van der Waals surface area contributed by atoms with Crippen LogP contribution >= 0.6 is 12.4 Å². The third-order valence-corrected chi connectivity index (χ3v) is 4.28. The number of carbonyl (C=O) groups is 1. The minimum absolute atomic E-state index is 0. The molecule has 0 aliphatic carbocycles. The van der Waals surface area contributed by atoms with Gasteiger partial charge in [0.2, 0.25) is 10.0 Å². The molecular weight excluding hydrogens is 326 g/mol. The maximum absolute atomic E-state index is 12.0. The summed E-state index contributed by atoms with van der Waals surface area (Å²) in [4.78, 5) is 12.0. The lowest BCUT2D eigenvalue weighted by Crippen LogP contribution is -2.37. The van der Waals surface area contributed by atoms with Crippen molar-refractivity contribution in [3.8, 4) is 0 Å². The van der Waals surface area contributed by atoms with Crippen LogP contribution in [-0.4, -0.2) is 33.5 Å². The van der Waals surface area contributed by atoms with Gasteiger partial charge in [-0.3, -0.25) is 4.79 Å². The third-order valence-electron chi connectivity index (χ3n) is 2.84. The van der Waals surface area contributed by atoms with Gasteiger partial charge in [0.05, 0.1) is 4.90 Å². The number of hydrogen-bond donors (Lipinski definition) is 3. The Bertz CT molecular complexity index is 574. The zero-order valence-corrected chi connectivity index (χ0v) is 14.6. The van der Waals surface area contributed by atoms with Crippen molar-refractivity contribution < 1.29 is 13.2 Å². The molecule has 0 aliphatic rings. The van der Waals surface area contributed by atoms with E-state index in [0.717, 1.165) is 0 Å². The molecular formula is C14H24ClN3O3S. The van der Waals surface area contributed by atoms with Crippen LogP contribution < -0.4 is 15.8 Å². The minimum Gasteiger partial charge on any atom is -0.348 e. The van der Waals surface area contributed by atoms with Crippen LogP contribution in [0.4, 0.5) is 0 Å². The summed E-state index contributed by atoms with van der Waals surface area (Å²) in [7, 11) is -3.53. The van der Waals surface area contributed by atoms with Crippen LogP contribution in [0.3, 0.4) is 0 Å². The first kappa shape index (κ1) is 20.9. The van der Waals surface area contributed by atoms with E-state index in [1.54, 1.807) is 6.92 Å². The van der Waals surface area contributed by atoms with Gasteiger partial charge >= 0.3 is 0 Å². The zero-order chi connectivity index (χ0) is 16.0. The van der Waals surface area contributed by atoms with Crippen LogP contribution in [0.1, 0.15) is 31.1 Å². The molecule has 0 heterocycles. The van der Waals surface area contributed by atoms with Gasteiger partial charge in [0.25, 0.3) is 5.91 Å². The number of nitrogens with one attached hydrogen (secondary N) is 2. The van der Waals surface area contributed by atoms with Crippen LogP contribution in [0, 0.1) is 5.92 Å². The van der Waals surface area contributed by atoms with Gasteiger partial charge in [0.1, 0.15) is 0 Å². The highest BCUT2D eigenvalue weighted by Crippen LogP contribution is 2.11. The average molecular weight is 350 g/mol. The molecule has 6 nitrogen and oxygen atoms in total. The first-order valence-corrected chi connectivity index (χ1v) is 8.35. The van der Waals surface area contributed by atoms with E-state index in [9.17, 15) is 13.2 Å². The van der Waals surface area contributed by atoms with E-state index in [1.165, 1.54) is 24.3 Å². The molecule has 126 valence electrons. The molecule has 0 aliphatic heterocycles. The summed E-state index contributed by atoms with van der Waals surface area (Å²) in [6, 6.07) is 5.69. The predicted molar refractivity (Wildman–Crippen MR) is 89.7 cm³/mol. The highest BCUT2D eigenvalue weighted by Gasteiger charge is 2.15. The second-order valence-electron chi connectivity index (χ2n) is 5.38. The third kappa shape index (κ3) is 6.31. The number of benzene rings is 1. The Balaban J connectivity index is 0.00000441. The van der Waals surface area contributed by atoms with Crippen molar-refractivity contribution in [3.63, 3.8) is 0 Å². The molecule has 0 spiro atoms. The Morgan fingerprint density at radius 2 is 1.73 bits per heavy atom. The van der Waals surface area contributed by atoms with E-state index in [4.69, 9.17) is 5.73 Å². The smallest absolute Gasteiger partial charge is 0.251 e. The molecule has 8 heteroatoms. The fraction of sp³-hybridized carbons (Fsp3) is 0.500. The number of nitrogens with two attached hydrogens (primary N) is 1. The lowest BCUT2D eigenvalue weighted by atomic mass is 10.2. The van der Waals surface area contributed by atoms with Gasteiger partial charge in [-0.15, -0.1) is 12.4 Å². The Morgan fingerprint density at radius 3 is 2.18 bits per heavy atom. The van der Waals surface area contributed by atoms with Crippen LogP contribution in [0.2, 0.25) is 0 Å². The maximum atomic E-state index is 12.0. The number of sulfonamides is 1. The molecule has 1 rings (SSSR count). The van der Waals surface area contributed by atoms with E-state index < -0.39 is 10.0 Å². The summed E-state index contributed by atoms with van der Waals surface area (Å²) in [5.74, 6) is -0.0467. The fourth-order valence-electron chi connectivity index (χ4n) is 1.51. The molecule has 22 heavy (non-hydrogen) atoms. The van der Waals surface area contributed by atoms with Crippen LogP contribution in [-0.2, 0) is 10.0 Å². The number of carbonyl (C=O) groups excluding carboxylic acids is 1. The van der Waals surface area contributed by atoms with Gasteiger partial charge in [-0.25, -0.2) is 13.1 Å². The average Bonchev–Trinajstić information content (AvgIpc) is 2.45. The second kappa shape index (κ2) is 9.09. The monoisotopic (exact) mass is 349 g/mol. The van der Waals surface area contributed by atoms with Crippen molar-refractivity contribution >= 4 is 28.3 Å². The summed E-state index contributed by atoms with van der Waals surface area (Å²) in [5.41, 5.74) is 5.84. The molecule has 1 aromatic rings. The SMILES string of the molecule is CC(C)CNS(=O)(=O)c1ccc(C(=O)N[C@@H](C)CN)cc1.Cl. The number of amides is 1. The highest BCUT2D eigenvalue weighted by atomic mass is 35.5. The maximum Gasteiger partial charge on any atom is 0.251 e. The number of rotatable bonds is 7. The summed E-state index contributed by atoms with van der Waals surface area (Å²) in [6.45, 7) is 6.37. The topological polar surface area (TPSA) is 101 Å². The molecule has 0 saturated heterocycles. The van der Waals surface area contributed by atoms with E-state index in [0.29, 0.717) is 18.7 Å². The quantitative estimate of drug-likeness (QED) is 0.686. The van der Waals surface area contributed by atoms with E-state index >= 15 is 0 Å². The van der Waals surface area contributed by atoms with Gasteiger partial charge in [-0.2, -0.15) is 0 Å². The predicted octanol–water partition coefficient (Wildman–Crippen LogP) is 1.12. The molecule has 1 amide bonds. The fourth-order valence-corrected chi connectivity index (χ4v) is 2.73. The van der Waals surface area contributed by atoms with Crippen molar-refractivity contribution in [2.45, 2.75) is 31.7 Å². The standard InChI is InChI=1S/C14H23N3O3S.ClH/c1-10(2)9-16-21(19,20)13-6-4-12(5-7-13)14(18)17-11(3)8-15;/h4-7,10-11,16H,8-9,15H2,1-3H3,(H,17,18);1H/t11-;/m0./s1. The number of hydrogen-bond acceptors (Lipinski definition) is 4. The summed E-state index contributed by atoms with van der Waals surface area (Å²) in [5, 5.41) is 2.72. The minimum atomic E-state index is -3.53. The van der Waals surface area contributed by atoms with Gasteiger partial charge in [-0.1, -0.05) is 13.8 Å². The molecule has 0 saturated carbocycles. The van der Waals surface area contributed by atoms with Crippen molar-refractivity contribution in [3.05, 3.63) is 29.8 Å². The van der Waals surface area contributed by atoms with Crippen LogP contribution in [0.5, 0.6) is 0 Å². The van der Waals surface area contributed by atoms with Gasteiger partial charge < -0.3 is 11.1 Å². The summed E-state index contributed by atoms with van der Waals surface area (Å²) in [6.07, 6.45) is 0. The van der Waals surface area contributed by atoms with Crippen molar-refractivity contribution in [1.82, 2.24) is 10.0 Å². The Hall–Kier alpha value is -1.15. The van der Waals surface area contributed by atoms with Crippen LogP contribution in [0.15, 0.2) is 29.2 Å².